The van der Waals surface area contributed by atoms with Crippen LogP contribution in [0.4, 0.5) is 5.82 Å². The van der Waals surface area contributed by atoms with E-state index in [1.165, 1.54) is 16.2 Å². The van der Waals surface area contributed by atoms with Gasteiger partial charge in [0, 0.05) is 39.1 Å². The number of anilines is 1. The van der Waals surface area contributed by atoms with Gasteiger partial charge in [-0.25, -0.2) is 4.98 Å². The summed E-state index contributed by atoms with van der Waals surface area (Å²) in [6, 6.07) is 5.39. The van der Waals surface area contributed by atoms with Crippen molar-refractivity contribution in [1.29, 1.82) is 0 Å². The van der Waals surface area contributed by atoms with Crippen LogP contribution < -0.4 is 10.9 Å². The van der Waals surface area contributed by atoms with Gasteiger partial charge in [-0.1, -0.05) is 30.0 Å². The lowest BCUT2D eigenvalue weighted by Gasteiger charge is -2.15. The molecule has 2 aromatic rings. The third kappa shape index (κ3) is 5.03. The Balaban J connectivity index is 1.63. The molecule has 32 heavy (non-hydrogen) atoms. The lowest BCUT2D eigenvalue weighted by Crippen LogP contribution is -2.30. The summed E-state index contributed by atoms with van der Waals surface area (Å²) >= 11 is 6.62. The second-order valence-electron chi connectivity index (χ2n) is 7.51. The molecular weight excluding hydrogens is 448 g/mol. The van der Waals surface area contributed by atoms with Crippen molar-refractivity contribution < 1.29 is 14.3 Å². The number of hydrogen-bond acceptors (Lipinski definition) is 8. The molecule has 0 radical (unpaired) electrons. The Labute approximate surface area is 196 Å². The Bertz CT molecular complexity index is 1100. The van der Waals surface area contributed by atoms with E-state index in [2.05, 4.69) is 10.3 Å². The van der Waals surface area contributed by atoms with Crippen molar-refractivity contribution in [3.8, 4) is 0 Å². The van der Waals surface area contributed by atoms with Gasteiger partial charge in [0.1, 0.15) is 15.8 Å². The zero-order valence-corrected chi connectivity index (χ0v) is 19.5. The van der Waals surface area contributed by atoms with E-state index >= 15 is 0 Å². The number of ether oxygens (including phenoxy) is 2. The topological polar surface area (TPSA) is 85.2 Å². The van der Waals surface area contributed by atoms with Gasteiger partial charge in [0.05, 0.1) is 16.6 Å². The molecule has 10 heteroatoms. The quantitative estimate of drug-likeness (QED) is 0.337. The summed E-state index contributed by atoms with van der Waals surface area (Å²) < 4.78 is 13.0. The maximum Gasteiger partial charge on any atom is 0.267 e. The molecule has 2 aliphatic heterocycles. The molecule has 1 atom stereocenters. The van der Waals surface area contributed by atoms with Crippen LogP contribution in [0.3, 0.4) is 0 Å². The van der Waals surface area contributed by atoms with Crippen LogP contribution >= 0.6 is 24.0 Å². The van der Waals surface area contributed by atoms with Gasteiger partial charge >= 0.3 is 0 Å². The fraction of sp³-hybridized carbons (Fsp3) is 0.455. The second-order valence-corrected chi connectivity index (χ2v) is 9.18. The number of thioether (sulfide) groups is 1. The zero-order valence-electron chi connectivity index (χ0n) is 17.9. The Morgan fingerprint density at radius 2 is 2.28 bits per heavy atom. The molecule has 2 fully saturated rings. The minimum absolute atomic E-state index is 0.0856. The van der Waals surface area contributed by atoms with Gasteiger partial charge in [0.2, 0.25) is 0 Å². The summed E-state index contributed by atoms with van der Waals surface area (Å²) in [7, 11) is 0. The van der Waals surface area contributed by atoms with E-state index in [-0.39, 0.29) is 17.6 Å². The molecule has 170 valence electrons. The molecule has 0 bridgehead atoms. The summed E-state index contributed by atoms with van der Waals surface area (Å²) in [6.07, 6.45) is 6.05. The number of thiocarbonyl (C=S) groups is 1. The highest BCUT2D eigenvalue weighted by Gasteiger charge is 2.32. The van der Waals surface area contributed by atoms with E-state index in [0.29, 0.717) is 59.0 Å². The van der Waals surface area contributed by atoms with Crippen molar-refractivity contribution in [1.82, 2.24) is 14.3 Å². The predicted molar refractivity (Wildman–Crippen MR) is 130 cm³/mol. The smallest absolute Gasteiger partial charge is 0.267 e. The number of nitrogens with one attached hydrogen (secondary N) is 1. The fourth-order valence-corrected chi connectivity index (χ4v) is 4.97. The van der Waals surface area contributed by atoms with E-state index in [1.807, 2.05) is 13.0 Å². The first-order valence-corrected chi connectivity index (χ1v) is 12.0. The predicted octanol–water partition coefficient (Wildman–Crippen LogP) is 2.91. The minimum atomic E-state index is -0.243. The monoisotopic (exact) mass is 474 g/mol. The molecule has 0 aliphatic carbocycles. The van der Waals surface area contributed by atoms with Crippen molar-refractivity contribution in [2.24, 2.45) is 0 Å². The van der Waals surface area contributed by atoms with Crippen LogP contribution in [0.1, 0.15) is 31.7 Å². The second kappa shape index (κ2) is 10.6. The normalized spacial score (nSPS) is 20.1. The van der Waals surface area contributed by atoms with Crippen molar-refractivity contribution in [3.05, 3.63) is 45.2 Å². The zero-order chi connectivity index (χ0) is 22.5. The number of nitrogens with zero attached hydrogens (tertiary/aromatic N) is 3. The van der Waals surface area contributed by atoms with E-state index in [0.717, 1.165) is 19.4 Å². The molecule has 0 unspecified atom stereocenters. The standard InChI is InChI=1S/C22H26N4O4S2/c1-2-29-11-6-10-26-21(28)17(32-22(26)31)13-16-19(23-14-15-7-5-12-30-15)24-18-8-3-4-9-25(18)20(16)27/h3-4,8-9,13,15,23H,2,5-7,10-12,14H2,1H3/b17-13-/t15-/m1/s1. The van der Waals surface area contributed by atoms with Crippen molar-refractivity contribution >= 4 is 51.7 Å². The largest absolute Gasteiger partial charge is 0.382 e. The number of rotatable bonds is 9. The minimum Gasteiger partial charge on any atom is -0.382 e. The first kappa shape index (κ1) is 22.9. The Morgan fingerprint density at radius 1 is 1.41 bits per heavy atom. The molecule has 2 aromatic heterocycles. The van der Waals surface area contributed by atoms with Crippen LogP contribution in [0.5, 0.6) is 0 Å². The number of aromatic nitrogens is 2. The van der Waals surface area contributed by atoms with Gasteiger partial charge < -0.3 is 14.8 Å². The maximum atomic E-state index is 13.3. The lowest BCUT2D eigenvalue weighted by molar-refractivity contribution is -0.122. The molecule has 1 amide bonds. The fourth-order valence-electron chi connectivity index (χ4n) is 3.68. The van der Waals surface area contributed by atoms with E-state index < -0.39 is 0 Å². The van der Waals surface area contributed by atoms with Gasteiger partial charge in [-0.2, -0.15) is 0 Å². The summed E-state index contributed by atoms with van der Waals surface area (Å²) in [5.41, 5.74) is 0.626. The summed E-state index contributed by atoms with van der Waals surface area (Å²) in [5, 5.41) is 3.27. The summed E-state index contributed by atoms with van der Waals surface area (Å²) in [6.45, 7) is 4.93. The van der Waals surface area contributed by atoms with Crippen molar-refractivity contribution in [2.75, 3.05) is 38.2 Å². The number of pyridine rings is 1. The first-order chi connectivity index (χ1) is 15.6. The molecule has 0 aromatic carbocycles. The number of carbonyl (C=O) groups is 1. The SMILES string of the molecule is CCOCCCN1C(=O)/C(=C/c2c(NC[C@H]3CCCO3)nc3ccccn3c2=O)SC1=S. The third-order valence-electron chi connectivity index (χ3n) is 5.31. The third-order valence-corrected chi connectivity index (χ3v) is 6.69. The molecule has 4 rings (SSSR count). The molecule has 2 saturated heterocycles. The molecule has 0 saturated carbocycles. The number of fused-ring (bicyclic) bond motifs is 1. The summed E-state index contributed by atoms with van der Waals surface area (Å²) in [5.74, 6) is 0.248. The molecule has 8 nitrogen and oxygen atoms in total. The lowest BCUT2D eigenvalue weighted by atomic mass is 10.2. The van der Waals surface area contributed by atoms with E-state index in [1.54, 1.807) is 29.3 Å². The number of amides is 1. The average molecular weight is 475 g/mol. The van der Waals surface area contributed by atoms with Crippen LogP contribution in [0.25, 0.3) is 11.7 Å². The van der Waals surface area contributed by atoms with E-state index in [9.17, 15) is 9.59 Å². The Kier molecular flexibility index (Phi) is 7.56. The van der Waals surface area contributed by atoms with Crippen LogP contribution in [0.2, 0.25) is 0 Å². The highest BCUT2D eigenvalue weighted by molar-refractivity contribution is 8.26. The highest BCUT2D eigenvalue weighted by Crippen LogP contribution is 2.33. The average Bonchev–Trinajstić information content (AvgIpc) is 3.41. The maximum absolute atomic E-state index is 13.3. The highest BCUT2D eigenvalue weighted by atomic mass is 32.2. The van der Waals surface area contributed by atoms with Gasteiger partial charge in [-0.05, 0) is 44.4 Å². The van der Waals surface area contributed by atoms with Gasteiger partial charge in [0.15, 0.2) is 0 Å². The molecule has 0 spiro atoms. The van der Waals surface area contributed by atoms with E-state index in [4.69, 9.17) is 21.7 Å². The number of carbonyl (C=O) groups excluding carboxylic acids is 1. The van der Waals surface area contributed by atoms with Crippen LogP contribution in [0, 0.1) is 0 Å². The molecule has 4 heterocycles. The molecule has 1 N–H and O–H groups in total. The first-order valence-electron chi connectivity index (χ1n) is 10.8. The van der Waals surface area contributed by atoms with Gasteiger partial charge in [-0.15, -0.1) is 0 Å². The Hall–Kier alpha value is -2.27. The number of hydrogen-bond donors (Lipinski definition) is 1. The van der Waals surface area contributed by atoms with Crippen LogP contribution in [-0.2, 0) is 14.3 Å². The van der Waals surface area contributed by atoms with Crippen LogP contribution in [-0.4, -0.2) is 63.5 Å². The van der Waals surface area contributed by atoms with Gasteiger partial charge in [0.25, 0.3) is 11.5 Å². The molecular formula is C22H26N4O4S2. The van der Waals surface area contributed by atoms with Crippen molar-refractivity contribution in [2.45, 2.75) is 32.3 Å². The Morgan fingerprint density at radius 3 is 3.06 bits per heavy atom. The summed E-state index contributed by atoms with van der Waals surface area (Å²) in [4.78, 5) is 32.9. The van der Waals surface area contributed by atoms with Gasteiger partial charge in [-0.3, -0.25) is 18.9 Å². The molecule has 2 aliphatic rings. The van der Waals surface area contributed by atoms with Crippen molar-refractivity contribution in [3.63, 3.8) is 0 Å². The van der Waals surface area contributed by atoms with Crippen LogP contribution in [0.15, 0.2) is 34.1 Å².